The van der Waals surface area contributed by atoms with Gasteiger partial charge in [-0.25, -0.2) is 4.79 Å². The lowest BCUT2D eigenvalue weighted by molar-refractivity contribution is -0.144. The Hall–Kier alpha value is -2.82. The molecule has 0 spiro atoms. The van der Waals surface area contributed by atoms with Gasteiger partial charge in [0.25, 0.3) is 5.91 Å². The molecule has 1 N–H and O–H groups in total. The third-order valence-electron chi connectivity index (χ3n) is 3.13. The smallest absolute Gasteiger partial charge is 0.331 e. The Labute approximate surface area is 134 Å². The molecule has 1 heterocycles. The SMILES string of the molecule is C/C=C/C=C/C(=O)OCC(=O)N[C@@H](C)c1cc2ccccc2o1. The van der Waals surface area contributed by atoms with E-state index in [4.69, 9.17) is 9.15 Å². The number of furan rings is 1. The summed E-state index contributed by atoms with van der Waals surface area (Å²) in [5, 5.41) is 3.71. The van der Waals surface area contributed by atoms with Gasteiger partial charge in [0, 0.05) is 11.5 Å². The molecule has 0 aliphatic rings. The van der Waals surface area contributed by atoms with E-state index >= 15 is 0 Å². The minimum Gasteiger partial charge on any atom is -0.459 e. The maximum absolute atomic E-state index is 11.8. The molecule has 0 aliphatic carbocycles. The fraction of sp³-hybridized carbons (Fsp3) is 0.222. The standard InChI is InChI=1S/C18H19NO4/c1-3-4-5-10-18(21)22-12-17(20)19-13(2)16-11-14-8-6-7-9-15(14)23-16/h3-11,13H,12H2,1-2H3,(H,19,20)/b4-3+,10-5+/t13-/m0/s1. The van der Waals surface area contributed by atoms with Crippen LogP contribution < -0.4 is 5.32 Å². The van der Waals surface area contributed by atoms with Crippen LogP contribution in [0.3, 0.4) is 0 Å². The minimum absolute atomic E-state index is 0.313. The first-order valence-electron chi connectivity index (χ1n) is 7.34. The van der Waals surface area contributed by atoms with E-state index in [2.05, 4.69) is 5.32 Å². The number of rotatable bonds is 6. The molecule has 0 saturated heterocycles. The Kier molecular flexibility index (Phi) is 5.74. The van der Waals surface area contributed by atoms with Crippen molar-refractivity contribution in [2.24, 2.45) is 0 Å². The van der Waals surface area contributed by atoms with Crippen LogP contribution in [0.4, 0.5) is 0 Å². The number of fused-ring (bicyclic) bond motifs is 1. The summed E-state index contributed by atoms with van der Waals surface area (Å²) in [6.07, 6.45) is 6.30. The van der Waals surface area contributed by atoms with Gasteiger partial charge in [0.1, 0.15) is 11.3 Å². The van der Waals surface area contributed by atoms with Crippen molar-refractivity contribution in [1.82, 2.24) is 5.32 Å². The van der Waals surface area contributed by atoms with Crippen LogP contribution in [0.1, 0.15) is 25.6 Å². The zero-order chi connectivity index (χ0) is 16.7. The molecule has 23 heavy (non-hydrogen) atoms. The zero-order valence-electron chi connectivity index (χ0n) is 13.1. The third kappa shape index (κ3) is 4.85. The topological polar surface area (TPSA) is 68.5 Å². The van der Waals surface area contributed by atoms with Gasteiger partial charge in [0.2, 0.25) is 0 Å². The van der Waals surface area contributed by atoms with Gasteiger partial charge in [0.05, 0.1) is 6.04 Å². The lowest BCUT2D eigenvalue weighted by Crippen LogP contribution is -2.30. The maximum Gasteiger partial charge on any atom is 0.331 e. The molecule has 0 unspecified atom stereocenters. The van der Waals surface area contributed by atoms with Crippen molar-refractivity contribution in [2.45, 2.75) is 19.9 Å². The summed E-state index contributed by atoms with van der Waals surface area (Å²) in [6, 6.07) is 9.19. The van der Waals surface area contributed by atoms with Crippen molar-refractivity contribution in [3.05, 3.63) is 60.4 Å². The maximum atomic E-state index is 11.8. The summed E-state index contributed by atoms with van der Waals surface area (Å²) in [6.45, 7) is 3.32. The van der Waals surface area contributed by atoms with Crippen molar-refractivity contribution < 1.29 is 18.7 Å². The van der Waals surface area contributed by atoms with Gasteiger partial charge in [-0.1, -0.05) is 36.4 Å². The second kappa shape index (κ2) is 7.98. The first-order chi connectivity index (χ1) is 11.1. The van der Waals surface area contributed by atoms with Crippen LogP contribution in [-0.2, 0) is 14.3 Å². The van der Waals surface area contributed by atoms with Crippen molar-refractivity contribution in [3.8, 4) is 0 Å². The largest absolute Gasteiger partial charge is 0.459 e. The Balaban J connectivity index is 1.86. The minimum atomic E-state index is -0.561. The second-order valence-corrected chi connectivity index (χ2v) is 4.97. The van der Waals surface area contributed by atoms with Crippen LogP contribution in [-0.4, -0.2) is 18.5 Å². The van der Waals surface area contributed by atoms with Crippen LogP contribution in [0.25, 0.3) is 11.0 Å². The summed E-state index contributed by atoms with van der Waals surface area (Å²) in [5.41, 5.74) is 0.768. The predicted octanol–water partition coefficient (Wildman–Crippen LogP) is 3.29. The van der Waals surface area contributed by atoms with Gasteiger partial charge < -0.3 is 14.5 Å². The number of carbonyl (C=O) groups is 2. The molecule has 2 rings (SSSR count). The predicted molar refractivity (Wildman–Crippen MR) is 87.7 cm³/mol. The van der Waals surface area contributed by atoms with Crippen LogP contribution >= 0.6 is 0 Å². The van der Waals surface area contributed by atoms with E-state index in [0.717, 1.165) is 11.0 Å². The fourth-order valence-electron chi connectivity index (χ4n) is 2.00. The van der Waals surface area contributed by atoms with Gasteiger partial charge in [-0.15, -0.1) is 0 Å². The first kappa shape index (κ1) is 16.5. The van der Waals surface area contributed by atoms with Crippen LogP contribution in [0.5, 0.6) is 0 Å². The van der Waals surface area contributed by atoms with Crippen LogP contribution in [0.15, 0.2) is 59.1 Å². The highest BCUT2D eigenvalue weighted by atomic mass is 16.5. The average molecular weight is 313 g/mol. The molecule has 0 radical (unpaired) electrons. The van der Waals surface area contributed by atoms with E-state index in [-0.39, 0.29) is 18.6 Å². The Morgan fingerprint density at radius 2 is 2.09 bits per heavy atom. The summed E-state index contributed by atoms with van der Waals surface area (Å²) in [5.74, 6) is -0.292. The molecule has 5 heteroatoms. The highest BCUT2D eigenvalue weighted by molar-refractivity contribution is 5.86. The normalized spacial score (nSPS) is 12.8. The zero-order valence-corrected chi connectivity index (χ0v) is 13.1. The van der Waals surface area contributed by atoms with E-state index in [1.807, 2.05) is 44.2 Å². The molecule has 1 aromatic carbocycles. The molecule has 1 atom stereocenters. The van der Waals surface area contributed by atoms with Gasteiger partial charge >= 0.3 is 5.97 Å². The summed E-state index contributed by atoms with van der Waals surface area (Å²) < 4.78 is 10.5. The van der Waals surface area contributed by atoms with Gasteiger partial charge in [-0.05, 0) is 26.0 Å². The Bertz CT molecular complexity index is 709. The number of carbonyl (C=O) groups excluding carboxylic acids is 2. The Morgan fingerprint density at radius 3 is 2.83 bits per heavy atom. The number of ether oxygens (including phenoxy) is 1. The van der Waals surface area contributed by atoms with Crippen LogP contribution in [0, 0.1) is 0 Å². The van der Waals surface area contributed by atoms with Crippen LogP contribution in [0.2, 0.25) is 0 Å². The molecule has 1 amide bonds. The van der Waals surface area contributed by atoms with Gasteiger partial charge in [0.15, 0.2) is 6.61 Å². The average Bonchev–Trinajstić information content (AvgIpc) is 2.97. The van der Waals surface area contributed by atoms with Crippen molar-refractivity contribution in [2.75, 3.05) is 6.61 Å². The van der Waals surface area contributed by atoms with E-state index < -0.39 is 5.97 Å². The second-order valence-electron chi connectivity index (χ2n) is 4.97. The number of esters is 1. The quantitative estimate of drug-likeness (QED) is 0.505. The fourth-order valence-corrected chi connectivity index (χ4v) is 2.00. The van der Waals surface area contributed by atoms with Gasteiger partial charge in [-0.2, -0.15) is 0 Å². The molecule has 0 bridgehead atoms. The molecule has 2 aromatic rings. The molecule has 120 valence electrons. The number of benzene rings is 1. The van der Waals surface area contributed by atoms with E-state index in [1.165, 1.54) is 6.08 Å². The summed E-state index contributed by atoms with van der Waals surface area (Å²) in [7, 11) is 0. The number of amides is 1. The number of allylic oxidation sites excluding steroid dienone is 3. The van der Waals surface area contributed by atoms with Crippen molar-refractivity contribution in [1.29, 1.82) is 0 Å². The number of hydrogen-bond acceptors (Lipinski definition) is 4. The summed E-state index contributed by atoms with van der Waals surface area (Å²) in [4.78, 5) is 23.2. The number of para-hydroxylation sites is 1. The third-order valence-corrected chi connectivity index (χ3v) is 3.13. The highest BCUT2D eigenvalue weighted by Gasteiger charge is 2.14. The molecular weight excluding hydrogens is 294 g/mol. The molecule has 5 nitrogen and oxygen atoms in total. The highest BCUT2D eigenvalue weighted by Crippen LogP contribution is 2.23. The molecule has 0 aliphatic heterocycles. The number of nitrogens with one attached hydrogen (secondary N) is 1. The Morgan fingerprint density at radius 1 is 1.30 bits per heavy atom. The number of hydrogen-bond donors (Lipinski definition) is 1. The monoisotopic (exact) mass is 313 g/mol. The van der Waals surface area contributed by atoms with Crippen molar-refractivity contribution in [3.63, 3.8) is 0 Å². The van der Waals surface area contributed by atoms with E-state index in [9.17, 15) is 9.59 Å². The molecule has 0 fully saturated rings. The van der Waals surface area contributed by atoms with E-state index in [1.54, 1.807) is 18.2 Å². The molecule has 1 aromatic heterocycles. The molecule has 0 saturated carbocycles. The molecular formula is C18H19NO4. The lowest BCUT2D eigenvalue weighted by atomic mass is 10.2. The van der Waals surface area contributed by atoms with Gasteiger partial charge in [-0.3, -0.25) is 4.79 Å². The summed E-state index contributed by atoms with van der Waals surface area (Å²) >= 11 is 0. The van der Waals surface area contributed by atoms with Crippen molar-refractivity contribution >= 4 is 22.8 Å². The van der Waals surface area contributed by atoms with E-state index in [0.29, 0.717) is 5.76 Å². The first-order valence-corrected chi connectivity index (χ1v) is 7.34. The lowest BCUT2D eigenvalue weighted by Gasteiger charge is -2.11.